The van der Waals surface area contributed by atoms with Gasteiger partial charge in [-0.2, -0.15) is 0 Å². The van der Waals surface area contributed by atoms with Crippen LogP contribution in [0.1, 0.15) is 24.0 Å². The third kappa shape index (κ3) is 4.51. The van der Waals surface area contributed by atoms with Gasteiger partial charge in [0.05, 0.1) is 17.6 Å². The summed E-state index contributed by atoms with van der Waals surface area (Å²) in [4.78, 5) is 31.4. The van der Waals surface area contributed by atoms with Gasteiger partial charge in [-0.1, -0.05) is 29.8 Å². The van der Waals surface area contributed by atoms with E-state index < -0.39 is 0 Å². The second-order valence-electron chi connectivity index (χ2n) is 7.80. The van der Waals surface area contributed by atoms with Gasteiger partial charge < -0.3 is 15.3 Å². The minimum Gasteiger partial charge on any atom is -0.325 e. The van der Waals surface area contributed by atoms with Gasteiger partial charge in [0.1, 0.15) is 0 Å². The van der Waals surface area contributed by atoms with Crippen LogP contribution in [0.15, 0.2) is 47.3 Å². The number of H-pyrrole nitrogens is 2. The molecule has 146 valence electrons. The number of nitrogens with one attached hydrogen (secondary N) is 3. The lowest BCUT2D eigenvalue weighted by Crippen LogP contribution is -2.39. The first-order chi connectivity index (χ1) is 13.5. The third-order valence-corrected chi connectivity index (χ3v) is 5.52. The van der Waals surface area contributed by atoms with E-state index in [2.05, 4.69) is 51.4 Å². The summed E-state index contributed by atoms with van der Waals surface area (Å²) in [7, 11) is 0. The Labute approximate surface area is 164 Å². The number of benzene rings is 2. The molecule has 0 radical (unpaired) electrons. The van der Waals surface area contributed by atoms with Crippen molar-refractivity contribution >= 4 is 22.6 Å². The quantitative estimate of drug-likeness (QED) is 0.638. The molecule has 4 rings (SSSR count). The van der Waals surface area contributed by atoms with E-state index in [4.69, 9.17) is 0 Å². The number of hydrogen-bond donors (Lipinski definition) is 3. The number of likely N-dealkylation sites (tertiary alicyclic amines) is 1. The first-order valence-electron chi connectivity index (χ1n) is 9.85. The summed E-state index contributed by atoms with van der Waals surface area (Å²) in [6, 6.07) is 14.2. The molecular weight excluding hydrogens is 352 g/mol. The molecule has 6 heteroatoms. The molecule has 0 aliphatic carbocycles. The molecular formula is C22H26N4O2. The van der Waals surface area contributed by atoms with Gasteiger partial charge in [0.2, 0.25) is 5.91 Å². The van der Waals surface area contributed by atoms with Gasteiger partial charge in [0.15, 0.2) is 0 Å². The molecule has 3 aromatic rings. The zero-order chi connectivity index (χ0) is 19.5. The van der Waals surface area contributed by atoms with Gasteiger partial charge in [0, 0.05) is 5.69 Å². The fourth-order valence-corrected chi connectivity index (χ4v) is 3.92. The smallest absolute Gasteiger partial charge is 0.323 e. The van der Waals surface area contributed by atoms with E-state index in [0.29, 0.717) is 23.7 Å². The minimum atomic E-state index is -0.244. The highest BCUT2D eigenvalue weighted by molar-refractivity contribution is 5.94. The molecule has 0 spiro atoms. The molecule has 0 saturated carbocycles. The molecule has 1 amide bonds. The third-order valence-electron chi connectivity index (χ3n) is 5.52. The van der Waals surface area contributed by atoms with E-state index in [0.717, 1.165) is 37.9 Å². The monoisotopic (exact) mass is 378 g/mol. The fourth-order valence-electron chi connectivity index (χ4n) is 3.92. The summed E-state index contributed by atoms with van der Waals surface area (Å²) in [5.74, 6) is 0.670. The number of aromatic nitrogens is 2. The fraction of sp³-hybridized carbons (Fsp3) is 0.364. The number of imidazole rings is 1. The number of rotatable bonds is 5. The maximum atomic E-state index is 12.4. The number of anilines is 1. The van der Waals surface area contributed by atoms with Crippen molar-refractivity contribution in [3.8, 4) is 0 Å². The Bertz CT molecular complexity index is 1010. The number of carbonyl (C=O) groups is 1. The van der Waals surface area contributed by atoms with Crippen molar-refractivity contribution in [2.75, 3.05) is 25.0 Å². The second-order valence-corrected chi connectivity index (χ2v) is 7.80. The molecule has 0 bridgehead atoms. The summed E-state index contributed by atoms with van der Waals surface area (Å²) in [5, 5.41) is 2.93. The number of amides is 1. The number of hydrogen-bond acceptors (Lipinski definition) is 3. The van der Waals surface area contributed by atoms with Gasteiger partial charge in [0.25, 0.3) is 0 Å². The van der Waals surface area contributed by atoms with Gasteiger partial charge >= 0.3 is 5.69 Å². The van der Waals surface area contributed by atoms with Crippen molar-refractivity contribution in [2.45, 2.75) is 26.2 Å². The van der Waals surface area contributed by atoms with Crippen molar-refractivity contribution in [2.24, 2.45) is 5.92 Å². The van der Waals surface area contributed by atoms with Crippen LogP contribution in [0.2, 0.25) is 0 Å². The Morgan fingerprint density at radius 1 is 1.07 bits per heavy atom. The topological polar surface area (TPSA) is 81.0 Å². The SMILES string of the molecule is Cc1ccc(CC2CCN(CC(=O)Nc3ccc4[nH]c(=O)[nH]c4c3)CC2)cc1. The molecule has 1 aliphatic rings. The molecule has 2 aromatic carbocycles. The van der Waals surface area contributed by atoms with E-state index in [-0.39, 0.29) is 11.6 Å². The maximum absolute atomic E-state index is 12.4. The van der Waals surface area contributed by atoms with Crippen molar-refractivity contribution in [3.05, 3.63) is 64.1 Å². The minimum absolute atomic E-state index is 0.0192. The summed E-state index contributed by atoms with van der Waals surface area (Å²) in [6.07, 6.45) is 3.37. The summed E-state index contributed by atoms with van der Waals surface area (Å²) in [5.41, 5.74) is 4.58. The van der Waals surface area contributed by atoms with Crippen molar-refractivity contribution in [3.63, 3.8) is 0 Å². The lowest BCUT2D eigenvalue weighted by Gasteiger charge is -2.31. The Hall–Kier alpha value is -2.86. The number of fused-ring (bicyclic) bond motifs is 1. The zero-order valence-corrected chi connectivity index (χ0v) is 16.1. The number of nitrogens with zero attached hydrogens (tertiary/aromatic N) is 1. The van der Waals surface area contributed by atoms with Gasteiger partial charge in [-0.05, 0) is 69.0 Å². The van der Waals surface area contributed by atoms with Crippen molar-refractivity contribution < 1.29 is 4.79 Å². The Balaban J connectivity index is 1.26. The average molecular weight is 378 g/mol. The van der Waals surface area contributed by atoms with Crippen molar-refractivity contribution in [1.82, 2.24) is 14.9 Å². The number of aromatic amines is 2. The Morgan fingerprint density at radius 2 is 1.79 bits per heavy atom. The molecule has 2 heterocycles. The van der Waals surface area contributed by atoms with Gasteiger partial charge in [-0.15, -0.1) is 0 Å². The number of piperidine rings is 1. The highest BCUT2D eigenvalue weighted by Gasteiger charge is 2.21. The lowest BCUT2D eigenvalue weighted by molar-refractivity contribution is -0.117. The number of carbonyl (C=O) groups excluding carboxylic acids is 1. The Kier molecular flexibility index (Phi) is 5.30. The molecule has 28 heavy (non-hydrogen) atoms. The van der Waals surface area contributed by atoms with E-state index in [9.17, 15) is 9.59 Å². The normalized spacial score (nSPS) is 15.8. The van der Waals surface area contributed by atoms with Crippen LogP contribution in [0.25, 0.3) is 11.0 Å². The molecule has 0 atom stereocenters. The second kappa shape index (κ2) is 8.02. The largest absolute Gasteiger partial charge is 0.325 e. The van der Waals surface area contributed by atoms with Gasteiger partial charge in [-0.25, -0.2) is 4.79 Å². The molecule has 3 N–H and O–H groups in total. The summed E-state index contributed by atoms with van der Waals surface area (Å²) < 4.78 is 0. The van der Waals surface area contributed by atoms with Gasteiger partial charge in [-0.3, -0.25) is 9.69 Å². The maximum Gasteiger partial charge on any atom is 0.323 e. The zero-order valence-electron chi connectivity index (χ0n) is 16.1. The Morgan fingerprint density at radius 3 is 2.54 bits per heavy atom. The standard InChI is InChI=1S/C22H26N4O2/c1-15-2-4-16(5-3-15)12-17-8-10-26(11-9-17)14-21(27)23-18-6-7-19-20(13-18)25-22(28)24-19/h2-7,13,17H,8-12,14H2,1H3,(H,23,27)(H2,24,25,28). The summed E-state index contributed by atoms with van der Waals surface area (Å²) >= 11 is 0. The molecule has 1 aromatic heterocycles. The van der Waals surface area contributed by atoms with E-state index >= 15 is 0 Å². The lowest BCUT2D eigenvalue weighted by atomic mass is 9.90. The predicted octanol–water partition coefficient (Wildman–Crippen LogP) is 3.06. The predicted molar refractivity (Wildman–Crippen MR) is 112 cm³/mol. The highest BCUT2D eigenvalue weighted by Crippen LogP contribution is 2.22. The highest BCUT2D eigenvalue weighted by atomic mass is 16.2. The molecule has 0 unspecified atom stereocenters. The first kappa shape index (κ1) is 18.5. The summed E-state index contributed by atoms with van der Waals surface area (Å²) in [6.45, 7) is 4.42. The van der Waals surface area contributed by atoms with Crippen LogP contribution >= 0.6 is 0 Å². The van der Waals surface area contributed by atoms with Crippen LogP contribution in [0.3, 0.4) is 0 Å². The molecule has 1 fully saturated rings. The van der Waals surface area contributed by atoms with E-state index in [1.807, 2.05) is 0 Å². The van der Waals surface area contributed by atoms with Crippen LogP contribution in [0.5, 0.6) is 0 Å². The van der Waals surface area contributed by atoms with Crippen LogP contribution in [0.4, 0.5) is 5.69 Å². The molecule has 6 nitrogen and oxygen atoms in total. The average Bonchev–Trinajstić information content (AvgIpc) is 3.04. The van der Waals surface area contributed by atoms with E-state index in [1.165, 1.54) is 11.1 Å². The van der Waals surface area contributed by atoms with E-state index in [1.54, 1.807) is 18.2 Å². The van der Waals surface area contributed by atoms with Crippen molar-refractivity contribution in [1.29, 1.82) is 0 Å². The van der Waals surface area contributed by atoms with Crippen LogP contribution in [-0.4, -0.2) is 40.4 Å². The molecule has 1 saturated heterocycles. The first-order valence-corrected chi connectivity index (χ1v) is 9.85. The van der Waals surface area contributed by atoms with Crippen LogP contribution in [0, 0.1) is 12.8 Å². The van der Waals surface area contributed by atoms with Crippen LogP contribution < -0.4 is 11.0 Å². The number of aryl methyl sites for hydroxylation is 1. The molecule has 1 aliphatic heterocycles. The van der Waals surface area contributed by atoms with Crippen LogP contribution in [-0.2, 0) is 11.2 Å².